The van der Waals surface area contributed by atoms with Gasteiger partial charge < -0.3 is 0 Å². The largest absolute Gasteiger partial charge is 0.292 e. The number of rotatable bonds is 4. The van der Waals surface area contributed by atoms with Crippen LogP contribution in [-0.4, -0.2) is 29.0 Å². The molecule has 0 amide bonds. The quantitative estimate of drug-likeness (QED) is 0.642. The van der Waals surface area contributed by atoms with Crippen LogP contribution in [0.1, 0.15) is 17.0 Å². The van der Waals surface area contributed by atoms with Gasteiger partial charge in [0.15, 0.2) is 0 Å². The highest BCUT2D eigenvalue weighted by molar-refractivity contribution is 5.27. The molecule has 0 N–H and O–H groups in total. The predicted octanol–water partition coefficient (Wildman–Crippen LogP) is 3.21. The summed E-state index contributed by atoms with van der Waals surface area (Å²) in [7, 11) is 0. The summed E-state index contributed by atoms with van der Waals surface area (Å²) in [6, 6.07) is 12.1. The number of hydrogen-bond acceptors (Lipinski definition) is 3. The lowest BCUT2D eigenvalue weighted by atomic mass is 9.93. The SMILES string of the molecule is O=[N+]([O-])C1CN(Cc2ccccc2)CC1c1c(F)cccc1F. The first-order valence-corrected chi connectivity index (χ1v) is 7.40. The van der Waals surface area contributed by atoms with Gasteiger partial charge >= 0.3 is 0 Å². The van der Waals surface area contributed by atoms with Crippen LogP contribution >= 0.6 is 0 Å². The van der Waals surface area contributed by atoms with E-state index in [2.05, 4.69) is 0 Å². The smallest absolute Gasteiger partial charge is 0.233 e. The van der Waals surface area contributed by atoms with Crippen molar-refractivity contribution in [3.05, 3.63) is 81.4 Å². The van der Waals surface area contributed by atoms with Crippen molar-refractivity contribution in [2.45, 2.75) is 18.5 Å². The second-order valence-corrected chi connectivity index (χ2v) is 5.77. The van der Waals surface area contributed by atoms with Crippen molar-refractivity contribution in [1.82, 2.24) is 4.90 Å². The molecule has 0 saturated carbocycles. The Labute approximate surface area is 132 Å². The van der Waals surface area contributed by atoms with Gasteiger partial charge in [0, 0.05) is 23.6 Å². The Bertz CT molecular complexity index is 689. The summed E-state index contributed by atoms with van der Waals surface area (Å²) in [4.78, 5) is 12.8. The molecule has 2 unspecified atom stereocenters. The van der Waals surface area contributed by atoms with Crippen molar-refractivity contribution in [2.24, 2.45) is 0 Å². The summed E-state index contributed by atoms with van der Waals surface area (Å²) in [5, 5.41) is 11.3. The summed E-state index contributed by atoms with van der Waals surface area (Å²) < 4.78 is 28.0. The lowest BCUT2D eigenvalue weighted by Crippen LogP contribution is -2.28. The Balaban J connectivity index is 1.86. The van der Waals surface area contributed by atoms with Gasteiger partial charge in [0.2, 0.25) is 6.04 Å². The van der Waals surface area contributed by atoms with Gasteiger partial charge in [-0.2, -0.15) is 0 Å². The van der Waals surface area contributed by atoms with Crippen LogP contribution in [0.4, 0.5) is 8.78 Å². The zero-order chi connectivity index (χ0) is 16.4. The highest BCUT2D eigenvalue weighted by Crippen LogP contribution is 2.33. The fraction of sp³-hybridized carbons (Fsp3) is 0.294. The van der Waals surface area contributed by atoms with Gasteiger partial charge in [-0.1, -0.05) is 36.4 Å². The number of likely N-dealkylation sites (tertiary alicyclic amines) is 1. The molecule has 1 saturated heterocycles. The molecule has 0 radical (unpaired) electrons. The topological polar surface area (TPSA) is 46.4 Å². The highest BCUT2D eigenvalue weighted by Gasteiger charge is 2.44. The number of hydrogen-bond donors (Lipinski definition) is 0. The van der Waals surface area contributed by atoms with Gasteiger partial charge in [0.25, 0.3) is 0 Å². The molecule has 2 aromatic rings. The molecule has 0 spiro atoms. The minimum atomic E-state index is -1.01. The molecule has 0 aliphatic carbocycles. The first-order valence-electron chi connectivity index (χ1n) is 7.40. The van der Waals surface area contributed by atoms with E-state index in [1.165, 1.54) is 6.07 Å². The average molecular weight is 318 g/mol. The molecule has 120 valence electrons. The van der Waals surface area contributed by atoms with Crippen molar-refractivity contribution in [1.29, 1.82) is 0 Å². The minimum absolute atomic E-state index is 0.176. The number of nitrogens with zero attached hydrogens (tertiary/aromatic N) is 2. The molecule has 1 aliphatic heterocycles. The molecule has 2 atom stereocenters. The Morgan fingerprint density at radius 3 is 2.30 bits per heavy atom. The average Bonchev–Trinajstić information content (AvgIpc) is 2.92. The fourth-order valence-electron chi connectivity index (χ4n) is 3.20. The van der Waals surface area contributed by atoms with Gasteiger partial charge in [-0.05, 0) is 17.7 Å². The molecule has 0 bridgehead atoms. The third-order valence-electron chi connectivity index (χ3n) is 4.25. The number of benzene rings is 2. The zero-order valence-electron chi connectivity index (χ0n) is 12.4. The lowest BCUT2D eigenvalue weighted by molar-refractivity contribution is -0.521. The van der Waals surface area contributed by atoms with Crippen LogP contribution in [0.3, 0.4) is 0 Å². The van der Waals surface area contributed by atoms with Gasteiger partial charge in [-0.25, -0.2) is 8.78 Å². The molecule has 6 heteroatoms. The third kappa shape index (κ3) is 3.22. The summed E-state index contributed by atoms with van der Waals surface area (Å²) in [5.41, 5.74) is 0.842. The molecule has 1 fully saturated rings. The van der Waals surface area contributed by atoms with Crippen molar-refractivity contribution in [2.75, 3.05) is 13.1 Å². The van der Waals surface area contributed by atoms with E-state index >= 15 is 0 Å². The van der Waals surface area contributed by atoms with Gasteiger partial charge in [0.05, 0.1) is 12.5 Å². The van der Waals surface area contributed by atoms with E-state index < -0.39 is 28.5 Å². The lowest BCUT2D eigenvalue weighted by Gasteiger charge is -2.15. The summed E-state index contributed by atoms with van der Waals surface area (Å²) in [6.45, 7) is 0.969. The van der Waals surface area contributed by atoms with E-state index in [0.29, 0.717) is 6.54 Å². The minimum Gasteiger partial charge on any atom is -0.292 e. The van der Waals surface area contributed by atoms with Crippen LogP contribution in [0.25, 0.3) is 0 Å². The first-order chi connectivity index (χ1) is 11.1. The molecule has 1 heterocycles. The molecule has 3 rings (SSSR count). The molecule has 2 aromatic carbocycles. The molecule has 4 nitrogen and oxygen atoms in total. The van der Waals surface area contributed by atoms with Crippen molar-refractivity contribution >= 4 is 0 Å². The van der Waals surface area contributed by atoms with Crippen molar-refractivity contribution < 1.29 is 13.7 Å². The van der Waals surface area contributed by atoms with Crippen LogP contribution in [0.15, 0.2) is 48.5 Å². The highest BCUT2D eigenvalue weighted by atomic mass is 19.1. The molecule has 0 aromatic heterocycles. The number of nitro groups is 1. The Morgan fingerprint density at radius 2 is 1.70 bits per heavy atom. The van der Waals surface area contributed by atoms with E-state index in [-0.39, 0.29) is 18.7 Å². The van der Waals surface area contributed by atoms with Crippen LogP contribution < -0.4 is 0 Å². The Morgan fingerprint density at radius 1 is 1.04 bits per heavy atom. The number of halogens is 2. The first kappa shape index (κ1) is 15.6. The van der Waals surface area contributed by atoms with Gasteiger partial charge in [-0.15, -0.1) is 0 Å². The Kier molecular flexibility index (Phi) is 4.34. The Hall–Kier alpha value is -2.34. The van der Waals surface area contributed by atoms with Crippen LogP contribution in [0, 0.1) is 21.7 Å². The van der Waals surface area contributed by atoms with Crippen molar-refractivity contribution in [3.8, 4) is 0 Å². The standard InChI is InChI=1S/C17H16F2N2O2/c18-14-7-4-8-15(19)17(14)13-10-20(11-16(13)21(22)23)9-12-5-2-1-3-6-12/h1-8,13,16H,9-11H2. The van der Waals surface area contributed by atoms with Crippen LogP contribution in [-0.2, 0) is 6.54 Å². The van der Waals surface area contributed by atoms with Gasteiger partial charge in [0.1, 0.15) is 11.6 Å². The van der Waals surface area contributed by atoms with E-state index in [0.717, 1.165) is 17.7 Å². The van der Waals surface area contributed by atoms with Crippen LogP contribution in [0.5, 0.6) is 0 Å². The monoisotopic (exact) mass is 318 g/mol. The maximum Gasteiger partial charge on any atom is 0.233 e. The second kappa shape index (κ2) is 6.42. The van der Waals surface area contributed by atoms with Gasteiger partial charge in [-0.3, -0.25) is 15.0 Å². The molecule has 23 heavy (non-hydrogen) atoms. The van der Waals surface area contributed by atoms with E-state index in [1.807, 2.05) is 35.2 Å². The molecular weight excluding hydrogens is 302 g/mol. The normalized spacial score (nSPS) is 21.5. The molecule has 1 aliphatic rings. The summed E-state index contributed by atoms with van der Waals surface area (Å²) in [5.74, 6) is -2.22. The fourth-order valence-corrected chi connectivity index (χ4v) is 3.20. The second-order valence-electron chi connectivity index (χ2n) is 5.77. The third-order valence-corrected chi connectivity index (χ3v) is 4.25. The molecular formula is C17H16F2N2O2. The van der Waals surface area contributed by atoms with E-state index in [4.69, 9.17) is 0 Å². The van der Waals surface area contributed by atoms with E-state index in [1.54, 1.807) is 0 Å². The summed E-state index contributed by atoms with van der Waals surface area (Å²) in [6.07, 6.45) is 0. The zero-order valence-corrected chi connectivity index (χ0v) is 12.4. The predicted molar refractivity (Wildman–Crippen MR) is 81.6 cm³/mol. The maximum absolute atomic E-state index is 14.0. The maximum atomic E-state index is 14.0. The summed E-state index contributed by atoms with van der Waals surface area (Å²) >= 11 is 0. The van der Waals surface area contributed by atoms with Crippen molar-refractivity contribution in [3.63, 3.8) is 0 Å². The van der Waals surface area contributed by atoms with Crippen LogP contribution in [0.2, 0.25) is 0 Å². The van der Waals surface area contributed by atoms with E-state index in [9.17, 15) is 18.9 Å².